The first kappa shape index (κ1) is 47.8. The smallest absolute Gasteiger partial charge is 0.213 e. The lowest BCUT2D eigenvalue weighted by Crippen LogP contribution is -1.97. The van der Waals surface area contributed by atoms with Crippen LogP contribution in [0.4, 0.5) is 0 Å². The lowest BCUT2D eigenvalue weighted by Gasteiger charge is -2.04. The minimum atomic E-state index is 0.683. The molecule has 0 amide bonds. The topological polar surface area (TPSA) is 88.5 Å². The molecule has 0 bridgehead atoms. The van der Waals surface area contributed by atoms with Gasteiger partial charge in [0.1, 0.15) is 0 Å². The Kier molecular flexibility index (Phi) is 29.6. The Bertz CT molecular complexity index is 1300. The zero-order chi connectivity index (χ0) is 39.5. The summed E-state index contributed by atoms with van der Waals surface area (Å²) < 4.78 is 21.3. The van der Waals surface area contributed by atoms with E-state index in [0.717, 1.165) is 78.4 Å². The van der Waals surface area contributed by atoms with Crippen molar-refractivity contribution in [3.63, 3.8) is 0 Å². The van der Waals surface area contributed by atoms with Crippen LogP contribution < -0.4 is 18.9 Å². The van der Waals surface area contributed by atoms with Crippen LogP contribution in [0, 0.1) is 0 Å². The van der Waals surface area contributed by atoms with Crippen molar-refractivity contribution in [1.29, 1.82) is 0 Å². The van der Waals surface area contributed by atoms with Gasteiger partial charge in [-0.25, -0.2) is 19.9 Å². The molecular weight excluding hydrogens is 673 g/mol. The monoisotopic (exact) mass is 745 g/mol. The maximum atomic E-state index is 5.34. The predicted octanol–water partition coefficient (Wildman–Crippen LogP) is 12.1. The number of pyridine rings is 4. The van der Waals surface area contributed by atoms with Gasteiger partial charge in [0, 0.05) is 47.0 Å². The number of ether oxygens (including phenoxy) is 4. The molecule has 4 heterocycles. The Morgan fingerprint density at radius 1 is 0.315 bits per heavy atom. The van der Waals surface area contributed by atoms with Crippen molar-refractivity contribution >= 4 is 0 Å². The molecule has 8 nitrogen and oxygen atoms in total. The molecule has 54 heavy (non-hydrogen) atoms. The molecular formula is C46H72N4O4. The molecule has 0 aromatic carbocycles. The predicted molar refractivity (Wildman–Crippen MR) is 225 cm³/mol. The third kappa shape index (κ3) is 24.2. The second-order valence-corrected chi connectivity index (χ2v) is 12.7. The highest BCUT2D eigenvalue weighted by atomic mass is 16.5. The molecule has 4 rings (SSSR count). The van der Waals surface area contributed by atoms with Crippen molar-refractivity contribution in [2.45, 2.75) is 145 Å². The lowest BCUT2D eigenvalue weighted by atomic mass is 10.1. The summed E-state index contributed by atoms with van der Waals surface area (Å²) >= 11 is 0. The third-order valence-corrected chi connectivity index (χ3v) is 7.91. The molecule has 0 aliphatic rings. The molecule has 0 fully saturated rings. The van der Waals surface area contributed by atoms with E-state index >= 15 is 0 Å². The fraction of sp³-hybridized carbons (Fsp3) is 0.565. The first-order valence-corrected chi connectivity index (χ1v) is 20.8. The highest BCUT2D eigenvalue weighted by Crippen LogP contribution is 2.13. The summed E-state index contributed by atoms with van der Waals surface area (Å²) in [6.07, 6.45) is 16.6. The zero-order valence-electron chi connectivity index (χ0n) is 35.1. The van der Waals surface area contributed by atoms with Crippen LogP contribution in [0.5, 0.6) is 23.5 Å². The van der Waals surface area contributed by atoms with E-state index in [4.69, 9.17) is 18.9 Å². The molecule has 0 saturated heterocycles. The highest BCUT2D eigenvalue weighted by molar-refractivity contribution is 5.18. The van der Waals surface area contributed by atoms with E-state index in [1.165, 1.54) is 57.8 Å². The number of aromatic nitrogens is 4. The number of unbranched alkanes of at least 4 members (excludes halogenated alkanes) is 6. The Morgan fingerprint density at radius 3 is 0.796 bits per heavy atom. The summed E-state index contributed by atoms with van der Waals surface area (Å²) in [7, 11) is 0. The second kappa shape index (κ2) is 33.4. The van der Waals surface area contributed by atoms with Crippen LogP contribution in [0.25, 0.3) is 0 Å². The quantitative estimate of drug-likeness (QED) is 0.0735. The summed E-state index contributed by atoms with van der Waals surface area (Å²) in [5, 5.41) is 0. The summed E-state index contributed by atoms with van der Waals surface area (Å²) in [5.41, 5.74) is 4.54. The van der Waals surface area contributed by atoms with Crippen molar-refractivity contribution in [1.82, 2.24) is 19.9 Å². The van der Waals surface area contributed by atoms with E-state index in [1.807, 2.05) is 82.3 Å². The molecule has 0 radical (unpaired) electrons. The van der Waals surface area contributed by atoms with Crippen molar-refractivity contribution in [3.05, 3.63) is 95.6 Å². The number of hydrogen-bond acceptors (Lipinski definition) is 8. The Hall–Kier alpha value is -4.20. The Morgan fingerprint density at radius 2 is 0.574 bits per heavy atom. The number of aryl methyl sites for hydroxylation is 4. The van der Waals surface area contributed by atoms with E-state index in [2.05, 4.69) is 65.8 Å². The SMILES string of the molecule is CCCCCc1cccc(OCC)n1.CCCCCc1cccc(OCC)n1.CCCCCc1cccc(OCC)n1.CCCc1cccc(OCC)n1. The van der Waals surface area contributed by atoms with Gasteiger partial charge in [0.15, 0.2) is 0 Å². The highest BCUT2D eigenvalue weighted by Gasteiger charge is 2.00. The van der Waals surface area contributed by atoms with Crippen LogP contribution in [0.2, 0.25) is 0 Å². The van der Waals surface area contributed by atoms with Crippen LogP contribution in [0.15, 0.2) is 72.8 Å². The maximum absolute atomic E-state index is 5.34. The molecule has 0 atom stereocenters. The third-order valence-electron chi connectivity index (χ3n) is 7.91. The fourth-order valence-corrected chi connectivity index (χ4v) is 5.22. The molecule has 0 unspecified atom stereocenters. The van der Waals surface area contributed by atoms with Gasteiger partial charge in [-0.3, -0.25) is 0 Å². The first-order chi connectivity index (χ1) is 26.5. The standard InChI is InChI=1S/3C12H19NO.C10H15NO/c3*1-3-5-6-8-11-9-7-10-12(13-11)14-4-2;1-3-6-9-7-5-8-10(11-9)12-4-2/h3*7,9-10H,3-6,8H2,1-2H3;5,7-8H,3-4,6H2,1-2H3. The van der Waals surface area contributed by atoms with Crippen molar-refractivity contribution in [2.75, 3.05) is 26.4 Å². The van der Waals surface area contributed by atoms with Gasteiger partial charge in [0.05, 0.1) is 26.4 Å². The minimum Gasteiger partial charge on any atom is -0.478 e. The number of hydrogen-bond donors (Lipinski definition) is 0. The molecule has 0 aliphatic carbocycles. The summed E-state index contributed by atoms with van der Waals surface area (Å²) in [4.78, 5) is 17.6. The lowest BCUT2D eigenvalue weighted by molar-refractivity contribution is 0.325. The summed E-state index contributed by atoms with van der Waals surface area (Å²) in [6, 6.07) is 23.9. The van der Waals surface area contributed by atoms with E-state index < -0.39 is 0 Å². The van der Waals surface area contributed by atoms with Crippen molar-refractivity contribution in [2.24, 2.45) is 0 Å². The van der Waals surface area contributed by atoms with E-state index in [1.54, 1.807) is 0 Å². The minimum absolute atomic E-state index is 0.683. The van der Waals surface area contributed by atoms with Crippen LogP contribution in [0.1, 0.15) is 142 Å². The van der Waals surface area contributed by atoms with Gasteiger partial charge in [-0.15, -0.1) is 0 Å². The van der Waals surface area contributed by atoms with Gasteiger partial charge in [0.25, 0.3) is 0 Å². The van der Waals surface area contributed by atoms with Gasteiger partial charge in [-0.1, -0.05) is 96.9 Å². The largest absolute Gasteiger partial charge is 0.478 e. The normalized spacial score (nSPS) is 10.1. The molecule has 4 aromatic rings. The van der Waals surface area contributed by atoms with Gasteiger partial charge < -0.3 is 18.9 Å². The maximum Gasteiger partial charge on any atom is 0.213 e. The average molecular weight is 745 g/mol. The molecule has 0 saturated carbocycles. The summed E-state index contributed by atoms with van der Waals surface area (Å²) in [5.74, 6) is 2.99. The van der Waals surface area contributed by atoms with Gasteiger partial charge in [-0.05, 0) is 96.9 Å². The molecule has 8 heteroatoms. The number of rotatable bonds is 22. The van der Waals surface area contributed by atoms with E-state index in [9.17, 15) is 0 Å². The van der Waals surface area contributed by atoms with Crippen LogP contribution >= 0.6 is 0 Å². The van der Waals surface area contributed by atoms with Gasteiger partial charge in [-0.2, -0.15) is 0 Å². The molecule has 300 valence electrons. The van der Waals surface area contributed by atoms with Crippen LogP contribution in [0.3, 0.4) is 0 Å². The first-order valence-electron chi connectivity index (χ1n) is 20.8. The summed E-state index contributed by atoms with van der Waals surface area (Å²) in [6.45, 7) is 19.4. The zero-order valence-corrected chi connectivity index (χ0v) is 35.1. The molecule has 4 aromatic heterocycles. The second-order valence-electron chi connectivity index (χ2n) is 12.7. The fourth-order valence-electron chi connectivity index (χ4n) is 5.22. The van der Waals surface area contributed by atoms with Crippen LogP contribution in [-0.2, 0) is 25.7 Å². The Labute approximate surface area is 328 Å². The molecule has 0 N–H and O–H groups in total. The number of nitrogens with zero attached hydrogens (tertiary/aromatic N) is 4. The average Bonchev–Trinajstić information content (AvgIpc) is 3.18. The van der Waals surface area contributed by atoms with Gasteiger partial charge >= 0.3 is 0 Å². The van der Waals surface area contributed by atoms with Gasteiger partial charge in [0.2, 0.25) is 23.5 Å². The van der Waals surface area contributed by atoms with E-state index in [0.29, 0.717) is 26.4 Å². The van der Waals surface area contributed by atoms with Crippen LogP contribution in [-0.4, -0.2) is 46.4 Å². The van der Waals surface area contributed by atoms with E-state index in [-0.39, 0.29) is 0 Å². The Balaban J connectivity index is 0.000000361. The van der Waals surface area contributed by atoms with Crippen molar-refractivity contribution in [3.8, 4) is 23.5 Å². The van der Waals surface area contributed by atoms with Crippen molar-refractivity contribution < 1.29 is 18.9 Å². The molecule has 0 spiro atoms. The molecule has 0 aliphatic heterocycles.